The van der Waals surface area contributed by atoms with E-state index >= 15 is 0 Å². The van der Waals surface area contributed by atoms with Gasteiger partial charge in [0.2, 0.25) is 5.95 Å². The third-order valence-corrected chi connectivity index (χ3v) is 6.39. The van der Waals surface area contributed by atoms with Crippen LogP contribution >= 0.6 is 0 Å². The predicted octanol–water partition coefficient (Wildman–Crippen LogP) is 5.58. The molecule has 0 spiro atoms. The van der Waals surface area contributed by atoms with Gasteiger partial charge < -0.3 is 15.0 Å². The topological polar surface area (TPSA) is 53.5 Å². The van der Waals surface area contributed by atoms with Crippen molar-refractivity contribution in [2.75, 3.05) is 50.1 Å². The van der Waals surface area contributed by atoms with Gasteiger partial charge in [-0.2, -0.15) is 0 Å². The Morgan fingerprint density at radius 2 is 1.74 bits per heavy atom. The molecule has 0 unspecified atom stereocenters. The Hall–Kier alpha value is -3.64. The third kappa shape index (κ3) is 4.82. The zero-order valence-electron chi connectivity index (χ0n) is 19.9. The Bertz CT molecular complexity index is 1250. The Labute approximate surface area is 201 Å². The molecular formula is C28H31N5O. The Morgan fingerprint density at radius 1 is 0.941 bits per heavy atom. The maximum atomic E-state index is 5.31. The molecule has 174 valence electrons. The van der Waals surface area contributed by atoms with Crippen LogP contribution in [0, 0.1) is 0 Å². The number of hydrogen-bond acceptors (Lipinski definition) is 6. The van der Waals surface area contributed by atoms with Crippen LogP contribution in [0.3, 0.4) is 0 Å². The van der Waals surface area contributed by atoms with Gasteiger partial charge in [-0.15, -0.1) is 0 Å². The van der Waals surface area contributed by atoms with Crippen LogP contribution in [0.2, 0.25) is 0 Å². The summed E-state index contributed by atoms with van der Waals surface area (Å²) >= 11 is 0. The van der Waals surface area contributed by atoms with Crippen molar-refractivity contribution in [1.29, 1.82) is 0 Å². The molecule has 1 aromatic heterocycles. The highest BCUT2D eigenvalue weighted by molar-refractivity contribution is 5.94. The smallest absolute Gasteiger partial charge is 0.227 e. The van der Waals surface area contributed by atoms with Crippen LogP contribution in [0.5, 0.6) is 5.75 Å². The lowest BCUT2D eigenvalue weighted by Gasteiger charge is -2.36. The zero-order valence-corrected chi connectivity index (χ0v) is 19.9. The minimum absolute atomic E-state index is 0.596. The molecular weight excluding hydrogens is 422 g/mol. The molecule has 6 heteroatoms. The van der Waals surface area contributed by atoms with E-state index < -0.39 is 0 Å². The summed E-state index contributed by atoms with van der Waals surface area (Å²) in [5.41, 5.74) is 5.33. The number of para-hydroxylation sites is 1. The molecule has 0 saturated carbocycles. The largest absolute Gasteiger partial charge is 0.497 e. The van der Waals surface area contributed by atoms with Crippen molar-refractivity contribution < 1.29 is 4.74 Å². The van der Waals surface area contributed by atoms with Crippen LogP contribution in [0.25, 0.3) is 22.0 Å². The second-order valence-electron chi connectivity index (χ2n) is 8.67. The van der Waals surface area contributed by atoms with Crippen molar-refractivity contribution >= 4 is 28.2 Å². The summed E-state index contributed by atoms with van der Waals surface area (Å²) < 4.78 is 5.31. The standard InChI is InChI=1S/C28H31N5O/c1-3-14-32-15-17-33(18-16-32)24-8-5-7-23(19-24)30-28-29-20-22-6-4-9-26(27(22)31-28)21-10-12-25(34-2)13-11-21/h4-13,19-20H,3,14-18H2,1-2H3,(H,29,30,31). The van der Waals surface area contributed by atoms with Crippen LogP contribution in [0.4, 0.5) is 17.3 Å². The molecule has 1 fully saturated rings. The number of anilines is 3. The van der Waals surface area contributed by atoms with E-state index in [0.717, 1.165) is 59.6 Å². The maximum absolute atomic E-state index is 5.31. The number of methoxy groups -OCH3 is 1. The van der Waals surface area contributed by atoms with E-state index in [1.165, 1.54) is 18.7 Å². The molecule has 1 N–H and O–H groups in total. The van der Waals surface area contributed by atoms with E-state index in [-0.39, 0.29) is 0 Å². The van der Waals surface area contributed by atoms with E-state index in [4.69, 9.17) is 9.72 Å². The molecule has 3 aromatic carbocycles. The summed E-state index contributed by atoms with van der Waals surface area (Å²) in [6.07, 6.45) is 3.10. The van der Waals surface area contributed by atoms with Gasteiger partial charge in [0.1, 0.15) is 5.75 Å². The van der Waals surface area contributed by atoms with E-state index in [2.05, 4.69) is 69.5 Å². The molecule has 1 aliphatic rings. The molecule has 0 atom stereocenters. The summed E-state index contributed by atoms with van der Waals surface area (Å²) in [5.74, 6) is 1.44. The van der Waals surface area contributed by atoms with Gasteiger partial charge in [0.05, 0.1) is 12.6 Å². The minimum Gasteiger partial charge on any atom is -0.497 e. The molecule has 1 saturated heterocycles. The maximum Gasteiger partial charge on any atom is 0.227 e. The van der Waals surface area contributed by atoms with Crippen molar-refractivity contribution in [2.45, 2.75) is 13.3 Å². The van der Waals surface area contributed by atoms with Crippen molar-refractivity contribution in [3.05, 3.63) is 72.9 Å². The molecule has 0 amide bonds. The fourth-order valence-electron chi connectivity index (χ4n) is 4.57. The number of fused-ring (bicyclic) bond motifs is 1. The highest BCUT2D eigenvalue weighted by Gasteiger charge is 2.17. The van der Waals surface area contributed by atoms with Gasteiger partial charge in [-0.05, 0) is 48.9 Å². The number of nitrogens with zero attached hydrogens (tertiary/aromatic N) is 4. The van der Waals surface area contributed by atoms with E-state index in [9.17, 15) is 0 Å². The Balaban J connectivity index is 1.37. The van der Waals surface area contributed by atoms with Gasteiger partial charge >= 0.3 is 0 Å². The van der Waals surface area contributed by atoms with E-state index in [1.54, 1.807) is 7.11 Å². The van der Waals surface area contributed by atoms with Crippen LogP contribution < -0.4 is 15.0 Å². The zero-order chi connectivity index (χ0) is 23.3. The normalized spacial score (nSPS) is 14.4. The predicted molar refractivity (Wildman–Crippen MR) is 140 cm³/mol. The van der Waals surface area contributed by atoms with Crippen molar-refractivity contribution in [1.82, 2.24) is 14.9 Å². The van der Waals surface area contributed by atoms with E-state index in [0.29, 0.717) is 5.95 Å². The average molecular weight is 454 g/mol. The fourth-order valence-corrected chi connectivity index (χ4v) is 4.57. The first-order valence-electron chi connectivity index (χ1n) is 12.0. The summed E-state index contributed by atoms with van der Waals surface area (Å²) in [6, 6.07) is 22.8. The molecule has 0 radical (unpaired) electrons. The van der Waals surface area contributed by atoms with Gasteiger partial charge in [0, 0.05) is 54.7 Å². The first kappa shape index (κ1) is 22.2. The van der Waals surface area contributed by atoms with Crippen molar-refractivity contribution in [2.24, 2.45) is 0 Å². The molecule has 4 aromatic rings. The summed E-state index contributed by atoms with van der Waals surface area (Å²) in [6.45, 7) is 7.78. The second-order valence-corrected chi connectivity index (χ2v) is 8.67. The SMILES string of the molecule is CCCN1CCN(c2cccc(Nc3ncc4cccc(-c5ccc(OC)cc5)c4n3)c2)CC1. The number of rotatable bonds is 7. The Morgan fingerprint density at radius 3 is 2.50 bits per heavy atom. The van der Waals surface area contributed by atoms with Gasteiger partial charge in [0.25, 0.3) is 0 Å². The van der Waals surface area contributed by atoms with Crippen molar-refractivity contribution in [3.8, 4) is 16.9 Å². The quantitative estimate of drug-likeness (QED) is 0.394. The monoisotopic (exact) mass is 453 g/mol. The van der Waals surface area contributed by atoms with Crippen LogP contribution in [-0.4, -0.2) is 54.7 Å². The molecule has 2 heterocycles. The van der Waals surface area contributed by atoms with Crippen LogP contribution in [0.15, 0.2) is 72.9 Å². The first-order chi connectivity index (χ1) is 16.7. The molecule has 5 rings (SSSR count). The minimum atomic E-state index is 0.596. The number of piperazine rings is 1. The average Bonchev–Trinajstić information content (AvgIpc) is 2.89. The third-order valence-electron chi connectivity index (χ3n) is 6.39. The van der Waals surface area contributed by atoms with E-state index in [1.807, 2.05) is 30.5 Å². The number of ether oxygens (including phenoxy) is 1. The highest BCUT2D eigenvalue weighted by atomic mass is 16.5. The van der Waals surface area contributed by atoms with Crippen molar-refractivity contribution in [3.63, 3.8) is 0 Å². The number of hydrogen-bond donors (Lipinski definition) is 1. The molecule has 6 nitrogen and oxygen atoms in total. The molecule has 34 heavy (non-hydrogen) atoms. The van der Waals surface area contributed by atoms with Crippen LogP contribution in [-0.2, 0) is 0 Å². The highest BCUT2D eigenvalue weighted by Crippen LogP contribution is 2.30. The molecule has 0 bridgehead atoms. The summed E-state index contributed by atoms with van der Waals surface area (Å²) in [4.78, 5) is 14.5. The number of aromatic nitrogens is 2. The number of nitrogens with one attached hydrogen (secondary N) is 1. The summed E-state index contributed by atoms with van der Waals surface area (Å²) in [7, 11) is 1.68. The molecule has 1 aliphatic heterocycles. The Kier molecular flexibility index (Phi) is 6.58. The van der Waals surface area contributed by atoms with Gasteiger partial charge in [0.15, 0.2) is 0 Å². The molecule has 0 aliphatic carbocycles. The lowest BCUT2D eigenvalue weighted by molar-refractivity contribution is 0.258. The van der Waals surface area contributed by atoms with Gasteiger partial charge in [-0.1, -0.05) is 43.3 Å². The first-order valence-corrected chi connectivity index (χ1v) is 12.0. The summed E-state index contributed by atoms with van der Waals surface area (Å²) in [5, 5.41) is 4.43. The van der Waals surface area contributed by atoms with Crippen LogP contribution in [0.1, 0.15) is 13.3 Å². The van der Waals surface area contributed by atoms with Gasteiger partial charge in [-0.25, -0.2) is 9.97 Å². The lowest BCUT2D eigenvalue weighted by Crippen LogP contribution is -2.46. The van der Waals surface area contributed by atoms with Gasteiger partial charge in [-0.3, -0.25) is 4.90 Å². The lowest BCUT2D eigenvalue weighted by atomic mass is 10.0. The second kappa shape index (κ2) is 10.1. The number of benzene rings is 3. The fraction of sp³-hybridized carbons (Fsp3) is 0.286.